The lowest BCUT2D eigenvalue weighted by molar-refractivity contribution is -0.136. The van der Waals surface area contributed by atoms with Crippen LogP contribution in [0.15, 0.2) is 29.2 Å². The minimum atomic E-state index is -4.36. The molecule has 4 rings (SSSR count). The van der Waals surface area contributed by atoms with Crippen LogP contribution in [0.5, 0.6) is 0 Å². The summed E-state index contributed by atoms with van der Waals surface area (Å²) in [4.78, 5) is 16.8. The summed E-state index contributed by atoms with van der Waals surface area (Å²) >= 11 is 5.85. The van der Waals surface area contributed by atoms with Crippen molar-refractivity contribution in [3.05, 3.63) is 46.7 Å². The van der Waals surface area contributed by atoms with E-state index in [1.807, 2.05) is 0 Å². The molecule has 1 aliphatic rings. The Morgan fingerprint density at radius 1 is 1.21 bits per heavy atom. The second-order valence-electron chi connectivity index (χ2n) is 7.57. The summed E-state index contributed by atoms with van der Waals surface area (Å²) in [6.45, 7) is 2.24. The fourth-order valence-electron chi connectivity index (χ4n) is 3.74. The van der Waals surface area contributed by atoms with E-state index in [4.69, 9.17) is 21.5 Å². The van der Waals surface area contributed by atoms with E-state index in [1.54, 1.807) is 4.90 Å². The Hall–Kier alpha value is -2.67. The number of primary sulfonamides is 1. The third-order valence-electron chi connectivity index (χ3n) is 5.33. The van der Waals surface area contributed by atoms with Crippen LogP contribution in [0.25, 0.3) is 22.4 Å². The van der Waals surface area contributed by atoms with Crippen LogP contribution in [0.3, 0.4) is 0 Å². The molecule has 13 heteroatoms. The summed E-state index contributed by atoms with van der Waals surface area (Å²) in [5, 5.41) is 4.75. The topological polar surface area (TPSA) is 108 Å². The molecule has 1 amide bonds. The molecule has 0 saturated carbocycles. The van der Waals surface area contributed by atoms with Gasteiger partial charge in [0.25, 0.3) is 0 Å². The highest BCUT2D eigenvalue weighted by Crippen LogP contribution is 2.33. The summed E-state index contributed by atoms with van der Waals surface area (Å²) in [6.07, 6.45) is -0.577. The van der Waals surface area contributed by atoms with Crippen LogP contribution < -0.4 is 5.14 Å². The van der Waals surface area contributed by atoms with Crippen LogP contribution in [0, 0.1) is 17.5 Å². The zero-order valence-corrected chi connectivity index (χ0v) is 18.8. The van der Waals surface area contributed by atoms with E-state index in [-0.39, 0.29) is 47.5 Å². The van der Waals surface area contributed by atoms with Crippen molar-refractivity contribution in [3.63, 3.8) is 0 Å². The quantitative estimate of drug-likeness (QED) is 0.590. The van der Waals surface area contributed by atoms with Gasteiger partial charge in [-0.15, -0.1) is 0 Å². The number of benzene rings is 2. The maximum Gasteiger partial charge on any atom is 0.238 e. The van der Waals surface area contributed by atoms with Crippen LogP contribution in [0.1, 0.15) is 6.92 Å². The molecule has 0 radical (unpaired) electrons. The first-order chi connectivity index (χ1) is 15.5. The highest BCUT2D eigenvalue weighted by molar-refractivity contribution is 7.89. The molecule has 0 aliphatic carbocycles. The molecule has 1 saturated heterocycles. The van der Waals surface area contributed by atoms with E-state index in [1.165, 1.54) is 17.6 Å². The molecule has 33 heavy (non-hydrogen) atoms. The lowest BCUT2D eigenvalue weighted by Crippen LogP contribution is -2.46. The number of nitrogens with zero attached hydrogens (tertiary/aromatic N) is 3. The molecular weight excluding hydrogens is 485 g/mol. The van der Waals surface area contributed by atoms with Gasteiger partial charge in [-0.1, -0.05) is 11.6 Å². The summed E-state index contributed by atoms with van der Waals surface area (Å²) in [5.74, 6) is -3.61. The molecule has 2 aromatic carbocycles. The maximum atomic E-state index is 14.9. The molecule has 0 bridgehead atoms. The van der Waals surface area contributed by atoms with Gasteiger partial charge < -0.3 is 14.2 Å². The van der Waals surface area contributed by atoms with Crippen molar-refractivity contribution in [1.82, 2.24) is 14.5 Å². The Morgan fingerprint density at radius 3 is 2.48 bits per heavy atom. The third-order valence-corrected chi connectivity index (χ3v) is 6.51. The second kappa shape index (κ2) is 8.60. The zero-order valence-electron chi connectivity index (χ0n) is 17.2. The van der Waals surface area contributed by atoms with Gasteiger partial charge in [-0.2, -0.15) is 0 Å². The van der Waals surface area contributed by atoms with Gasteiger partial charge in [-0.05, 0) is 18.2 Å². The number of aromatic nitrogens is 2. The maximum absolute atomic E-state index is 14.9. The minimum absolute atomic E-state index is 0.0213. The van der Waals surface area contributed by atoms with Crippen molar-refractivity contribution in [1.29, 1.82) is 0 Å². The predicted octanol–water partition coefficient (Wildman–Crippen LogP) is 2.67. The Bertz CT molecular complexity index is 1360. The Morgan fingerprint density at radius 2 is 1.88 bits per heavy atom. The Balaban J connectivity index is 1.88. The van der Waals surface area contributed by atoms with Crippen molar-refractivity contribution in [2.75, 3.05) is 19.7 Å². The number of amides is 1. The summed E-state index contributed by atoms with van der Waals surface area (Å²) < 4.78 is 74.3. The molecule has 1 aromatic heterocycles. The predicted molar refractivity (Wildman–Crippen MR) is 113 cm³/mol. The smallest absolute Gasteiger partial charge is 0.238 e. The first-order valence-corrected chi connectivity index (χ1v) is 11.6. The number of carbonyl (C=O) groups excluding carboxylic acids is 1. The van der Waals surface area contributed by atoms with Gasteiger partial charge in [-0.3, -0.25) is 4.79 Å². The molecule has 1 atom stereocenters. The number of rotatable bonds is 4. The van der Waals surface area contributed by atoms with Crippen molar-refractivity contribution < 1.29 is 31.1 Å². The van der Waals surface area contributed by atoms with E-state index in [0.29, 0.717) is 18.7 Å². The highest BCUT2D eigenvalue weighted by atomic mass is 35.5. The van der Waals surface area contributed by atoms with Crippen molar-refractivity contribution in [2.24, 2.45) is 5.14 Å². The van der Waals surface area contributed by atoms with Crippen molar-refractivity contribution >= 4 is 38.6 Å². The van der Waals surface area contributed by atoms with Crippen molar-refractivity contribution in [3.8, 4) is 11.4 Å². The fraction of sp³-hybridized carbons (Fsp3) is 0.300. The minimum Gasteiger partial charge on any atom is -0.373 e. The first-order valence-electron chi connectivity index (χ1n) is 9.70. The summed E-state index contributed by atoms with van der Waals surface area (Å²) in [6, 6.07) is 3.46. The number of carbonyl (C=O) groups is 1. The number of hydrogen-bond acceptors (Lipinski definition) is 5. The van der Waals surface area contributed by atoms with Crippen LogP contribution >= 0.6 is 11.6 Å². The molecule has 0 spiro atoms. The lowest BCUT2D eigenvalue weighted by Gasteiger charge is -2.32. The molecule has 1 aliphatic heterocycles. The molecule has 1 fully saturated rings. The normalized spacial score (nSPS) is 17.0. The van der Waals surface area contributed by atoms with Crippen LogP contribution in [-0.2, 0) is 26.1 Å². The number of morpholine rings is 1. The van der Waals surface area contributed by atoms with E-state index >= 15 is 0 Å². The fourth-order valence-corrected chi connectivity index (χ4v) is 4.44. The van der Waals surface area contributed by atoms with Crippen molar-refractivity contribution in [2.45, 2.75) is 24.5 Å². The molecule has 2 N–H and O–H groups in total. The van der Waals surface area contributed by atoms with E-state index in [0.717, 1.165) is 6.07 Å². The molecular formula is C20H18ClF3N4O4S. The second-order valence-corrected chi connectivity index (χ2v) is 9.53. The van der Waals surface area contributed by atoms with Gasteiger partial charge in [0.2, 0.25) is 15.9 Å². The van der Waals surface area contributed by atoms with E-state index in [9.17, 15) is 26.4 Å². The lowest BCUT2D eigenvalue weighted by atomic mass is 10.1. The van der Waals surface area contributed by atoms with Gasteiger partial charge in [0.05, 0.1) is 45.8 Å². The monoisotopic (exact) mass is 502 g/mol. The van der Waals surface area contributed by atoms with Crippen LogP contribution in [-0.4, -0.2) is 54.6 Å². The van der Waals surface area contributed by atoms with Gasteiger partial charge in [0.1, 0.15) is 23.3 Å². The summed E-state index contributed by atoms with van der Waals surface area (Å²) in [5.41, 5.74) is -0.288. The average Bonchev–Trinajstić information content (AvgIpc) is 3.04. The number of imidazole rings is 1. The van der Waals surface area contributed by atoms with Gasteiger partial charge in [-0.25, -0.2) is 31.7 Å². The zero-order chi connectivity index (χ0) is 24.1. The standard InChI is InChI=1S/C20H18ClF3N4O4S/c1-10(29)27-2-3-32-11(8-27)9-28-18-7-14(22)13(21)6-17(18)26-20(28)19-15(23)4-12(5-16(19)24)33(25,30)31/h4-7,11H,2-3,8-9H2,1H3,(H2,25,30,31)/t11-/m1/s1. The molecule has 8 nitrogen and oxygen atoms in total. The third kappa shape index (κ3) is 4.56. The summed E-state index contributed by atoms with van der Waals surface area (Å²) in [7, 11) is -4.36. The number of halogens is 4. The average molecular weight is 503 g/mol. The largest absolute Gasteiger partial charge is 0.373 e. The number of hydrogen-bond donors (Lipinski definition) is 1. The molecule has 0 unspecified atom stereocenters. The Labute approximate surface area is 191 Å². The SMILES string of the molecule is CC(=O)N1CCO[C@@H](Cn2c(-c3c(F)cc(S(N)(=O)=O)cc3F)nc3cc(Cl)c(F)cc32)C1. The van der Waals surface area contributed by atoms with Gasteiger partial charge in [0, 0.05) is 26.1 Å². The van der Waals surface area contributed by atoms with E-state index in [2.05, 4.69) is 4.98 Å². The molecule has 176 valence electrons. The first kappa shape index (κ1) is 23.5. The number of nitrogens with two attached hydrogens (primary N) is 1. The Kier molecular flexibility index (Phi) is 6.12. The number of fused-ring (bicyclic) bond motifs is 1. The molecule has 3 aromatic rings. The number of ether oxygens (including phenoxy) is 1. The van der Waals surface area contributed by atoms with E-state index < -0.39 is 44.0 Å². The van der Waals surface area contributed by atoms with Crippen LogP contribution in [0.2, 0.25) is 5.02 Å². The molecule has 2 heterocycles. The highest BCUT2D eigenvalue weighted by Gasteiger charge is 2.28. The van der Waals surface area contributed by atoms with Gasteiger partial charge in [0.15, 0.2) is 0 Å². The van der Waals surface area contributed by atoms with Gasteiger partial charge >= 0.3 is 0 Å². The number of sulfonamides is 1. The van der Waals surface area contributed by atoms with Crippen LogP contribution in [0.4, 0.5) is 13.2 Å².